The van der Waals surface area contributed by atoms with Gasteiger partial charge in [-0.1, -0.05) is 35.9 Å². The van der Waals surface area contributed by atoms with E-state index >= 15 is 0 Å². The molecule has 0 aliphatic heterocycles. The van der Waals surface area contributed by atoms with E-state index in [9.17, 15) is 23.2 Å². The van der Waals surface area contributed by atoms with Crippen LogP contribution in [0, 0.1) is 11.6 Å². The molecule has 1 aromatic heterocycles. The number of benzene rings is 3. The van der Waals surface area contributed by atoms with Gasteiger partial charge < -0.3 is 5.32 Å². The summed E-state index contributed by atoms with van der Waals surface area (Å²) in [6.07, 6.45) is 0. The lowest BCUT2D eigenvalue weighted by Crippen LogP contribution is -2.38. The second-order valence-electron chi connectivity index (χ2n) is 7.72. The summed E-state index contributed by atoms with van der Waals surface area (Å²) in [7, 11) is 0. The monoisotopic (exact) mass is 496 g/mol. The third kappa shape index (κ3) is 5.36. The maximum Gasteiger partial charge on any atom is 0.294 e. The smallest absolute Gasteiger partial charge is 0.294 e. The number of hydrogen-bond donors (Lipinski definition) is 1. The van der Waals surface area contributed by atoms with Crippen molar-refractivity contribution in [1.82, 2.24) is 9.55 Å². The molecule has 35 heavy (non-hydrogen) atoms. The number of nitrogens with one attached hydrogen (secondary N) is 1. The van der Waals surface area contributed by atoms with Gasteiger partial charge in [0, 0.05) is 12.6 Å². The number of nitrogens with zero attached hydrogens (tertiary/aromatic N) is 3. The number of amides is 2. The van der Waals surface area contributed by atoms with E-state index in [2.05, 4.69) is 10.3 Å². The van der Waals surface area contributed by atoms with Gasteiger partial charge in [0.2, 0.25) is 17.6 Å². The molecule has 4 rings (SSSR count). The van der Waals surface area contributed by atoms with Crippen LogP contribution < -0.4 is 15.8 Å². The van der Waals surface area contributed by atoms with Gasteiger partial charge in [0.25, 0.3) is 5.56 Å². The van der Waals surface area contributed by atoms with E-state index in [1.54, 1.807) is 24.3 Å². The zero-order valence-corrected chi connectivity index (χ0v) is 19.2. The Balaban J connectivity index is 1.72. The Labute approximate surface area is 203 Å². The highest BCUT2D eigenvalue weighted by atomic mass is 35.5. The molecule has 0 aliphatic carbocycles. The maximum absolute atomic E-state index is 13.5. The Kier molecular flexibility index (Phi) is 6.88. The van der Waals surface area contributed by atoms with Crippen LogP contribution in [0.3, 0.4) is 0 Å². The van der Waals surface area contributed by atoms with Gasteiger partial charge in [0.15, 0.2) is 0 Å². The third-order valence-corrected chi connectivity index (χ3v) is 5.52. The van der Waals surface area contributed by atoms with E-state index < -0.39 is 35.6 Å². The maximum atomic E-state index is 13.5. The first kappa shape index (κ1) is 24.0. The molecule has 0 saturated heterocycles. The Morgan fingerprint density at radius 2 is 1.77 bits per heavy atom. The Bertz CT molecular complexity index is 1490. The predicted octanol–water partition coefficient (Wildman–Crippen LogP) is 4.52. The fourth-order valence-electron chi connectivity index (χ4n) is 3.54. The van der Waals surface area contributed by atoms with E-state index in [0.29, 0.717) is 16.6 Å². The van der Waals surface area contributed by atoms with Crippen molar-refractivity contribution in [2.75, 3.05) is 10.2 Å². The molecule has 0 spiro atoms. The summed E-state index contributed by atoms with van der Waals surface area (Å²) in [4.78, 5) is 44.3. The standard InChI is InChI=1S/C25H19ClF2N4O3/c1-15(33)31(13-16-6-8-17(27)9-7-16)24-25(35)32(22-5-3-2-4-21(22)30-24)14-23(34)29-18-10-11-20(28)19(26)12-18/h2-12H,13-14H2,1H3,(H,29,34). The van der Waals surface area contributed by atoms with Crippen molar-refractivity contribution in [3.05, 3.63) is 99.3 Å². The van der Waals surface area contributed by atoms with E-state index in [0.717, 1.165) is 6.07 Å². The average molecular weight is 497 g/mol. The zero-order valence-electron chi connectivity index (χ0n) is 18.5. The summed E-state index contributed by atoms with van der Waals surface area (Å²) < 4.78 is 27.9. The van der Waals surface area contributed by atoms with Gasteiger partial charge in [0.1, 0.15) is 18.2 Å². The number of carbonyl (C=O) groups is 2. The first-order valence-corrected chi connectivity index (χ1v) is 10.9. The lowest BCUT2D eigenvalue weighted by molar-refractivity contribution is -0.117. The van der Waals surface area contributed by atoms with Crippen LogP contribution in [0.25, 0.3) is 11.0 Å². The molecule has 4 aromatic rings. The number of halogens is 3. The van der Waals surface area contributed by atoms with Gasteiger partial charge in [-0.05, 0) is 48.0 Å². The minimum atomic E-state index is -0.659. The Morgan fingerprint density at radius 1 is 1.06 bits per heavy atom. The molecular formula is C25H19ClF2N4O3. The van der Waals surface area contributed by atoms with Gasteiger partial charge in [-0.2, -0.15) is 0 Å². The van der Waals surface area contributed by atoms with E-state index in [1.807, 2.05) is 0 Å². The zero-order chi connectivity index (χ0) is 25.1. The van der Waals surface area contributed by atoms with Crippen molar-refractivity contribution in [2.24, 2.45) is 0 Å². The highest BCUT2D eigenvalue weighted by Crippen LogP contribution is 2.20. The van der Waals surface area contributed by atoms with Crippen LogP contribution in [0.5, 0.6) is 0 Å². The van der Waals surface area contributed by atoms with Gasteiger partial charge in [-0.25, -0.2) is 13.8 Å². The van der Waals surface area contributed by atoms with Crippen LogP contribution >= 0.6 is 11.6 Å². The molecule has 0 bridgehead atoms. The molecule has 0 radical (unpaired) electrons. The van der Waals surface area contributed by atoms with E-state index in [1.165, 1.54) is 52.8 Å². The highest BCUT2D eigenvalue weighted by molar-refractivity contribution is 6.31. The summed E-state index contributed by atoms with van der Waals surface area (Å²) in [6.45, 7) is 0.873. The first-order valence-electron chi connectivity index (χ1n) is 10.5. The van der Waals surface area contributed by atoms with Crippen molar-refractivity contribution < 1.29 is 18.4 Å². The number of para-hydroxylation sites is 2. The van der Waals surface area contributed by atoms with Gasteiger partial charge in [0.05, 0.1) is 22.6 Å². The number of anilines is 2. The fourth-order valence-corrected chi connectivity index (χ4v) is 3.72. The molecule has 0 fully saturated rings. The summed E-state index contributed by atoms with van der Waals surface area (Å²) in [5.74, 6) is -2.24. The summed E-state index contributed by atoms with van der Waals surface area (Å²) in [5.41, 5.74) is 0.973. The highest BCUT2D eigenvalue weighted by Gasteiger charge is 2.22. The van der Waals surface area contributed by atoms with Gasteiger partial charge in [-0.15, -0.1) is 0 Å². The first-order chi connectivity index (χ1) is 16.7. The van der Waals surface area contributed by atoms with Crippen LogP contribution in [0.4, 0.5) is 20.3 Å². The summed E-state index contributed by atoms with van der Waals surface area (Å²) >= 11 is 5.77. The fraction of sp³-hybridized carbons (Fsp3) is 0.120. The lowest BCUT2D eigenvalue weighted by atomic mass is 10.2. The number of carbonyl (C=O) groups excluding carboxylic acids is 2. The van der Waals surface area contributed by atoms with Crippen LogP contribution in [-0.2, 0) is 22.7 Å². The van der Waals surface area contributed by atoms with Gasteiger partial charge >= 0.3 is 0 Å². The van der Waals surface area contributed by atoms with Crippen molar-refractivity contribution in [3.63, 3.8) is 0 Å². The molecule has 0 unspecified atom stereocenters. The quantitative estimate of drug-likeness (QED) is 0.425. The molecule has 1 heterocycles. The number of rotatable bonds is 6. The summed E-state index contributed by atoms with van der Waals surface area (Å²) in [5, 5.41) is 2.42. The minimum absolute atomic E-state index is 0.0174. The third-order valence-electron chi connectivity index (χ3n) is 5.23. The molecule has 0 aliphatic rings. The molecule has 10 heteroatoms. The molecule has 3 aromatic carbocycles. The minimum Gasteiger partial charge on any atom is -0.324 e. The van der Waals surface area contributed by atoms with Crippen LogP contribution in [0.15, 0.2) is 71.5 Å². The molecule has 178 valence electrons. The van der Waals surface area contributed by atoms with Crippen molar-refractivity contribution in [1.29, 1.82) is 0 Å². The largest absolute Gasteiger partial charge is 0.324 e. The molecule has 2 amide bonds. The number of hydrogen-bond acceptors (Lipinski definition) is 4. The van der Waals surface area contributed by atoms with Crippen molar-refractivity contribution in [3.8, 4) is 0 Å². The van der Waals surface area contributed by atoms with Crippen LogP contribution in [0.2, 0.25) is 5.02 Å². The van der Waals surface area contributed by atoms with Crippen molar-refractivity contribution >= 4 is 46.0 Å². The molecule has 7 nitrogen and oxygen atoms in total. The van der Waals surface area contributed by atoms with Crippen LogP contribution in [-0.4, -0.2) is 21.4 Å². The molecule has 0 saturated carbocycles. The second kappa shape index (κ2) is 10.0. The molecule has 1 N–H and O–H groups in total. The molecular weight excluding hydrogens is 478 g/mol. The SMILES string of the molecule is CC(=O)N(Cc1ccc(F)cc1)c1nc2ccccc2n(CC(=O)Nc2ccc(F)c(Cl)c2)c1=O. The Morgan fingerprint density at radius 3 is 2.46 bits per heavy atom. The van der Waals surface area contributed by atoms with E-state index in [4.69, 9.17) is 11.6 Å². The summed E-state index contributed by atoms with van der Waals surface area (Å²) in [6, 6.07) is 15.9. The lowest BCUT2D eigenvalue weighted by Gasteiger charge is -2.21. The number of aromatic nitrogens is 2. The topological polar surface area (TPSA) is 84.3 Å². The average Bonchev–Trinajstić information content (AvgIpc) is 2.82. The second-order valence-corrected chi connectivity index (χ2v) is 8.13. The predicted molar refractivity (Wildman–Crippen MR) is 129 cm³/mol. The van der Waals surface area contributed by atoms with Gasteiger partial charge in [-0.3, -0.25) is 23.9 Å². The molecule has 0 atom stereocenters. The van der Waals surface area contributed by atoms with Crippen LogP contribution in [0.1, 0.15) is 12.5 Å². The normalized spacial score (nSPS) is 10.9. The Hall–Kier alpha value is -4.11. The number of fused-ring (bicyclic) bond motifs is 1. The van der Waals surface area contributed by atoms with E-state index in [-0.39, 0.29) is 23.1 Å². The van der Waals surface area contributed by atoms with Crippen molar-refractivity contribution in [2.45, 2.75) is 20.0 Å².